The van der Waals surface area contributed by atoms with E-state index in [-0.39, 0.29) is 0 Å². The molecule has 1 aliphatic rings. The van der Waals surface area contributed by atoms with E-state index >= 15 is 0 Å². The molecule has 1 N–H and O–H groups in total. The molecular formula is C22H25N5O. The summed E-state index contributed by atoms with van der Waals surface area (Å²) in [5.41, 5.74) is 2.25. The molecule has 0 amide bonds. The highest BCUT2D eigenvalue weighted by molar-refractivity contribution is 5.60. The van der Waals surface area contributed by atoms with Crippen LogP contribution < -0.4 is 19.9 Å². The fourth-order valence-corrected chi connectivity index (χ4v) is 3.37. The molecule has 4 rings (SSSR count). The van der Waals surface area contributed by atoms with Gasteiger partial charge in [-0.15, -0.1) is 0 Å². The number of ether oxygens (including phenoxy) is 1. The van der Waals surface area contributed by atoms with Gasteiger partial charge in [0.2, 0.25) is 0 Å². The van der Waals surface area contributed by atoms with Crippen LogP contribution >= 0.6 is 0 Å². The Hall–Kier alpha value is -3.28. The first kappa shape index (κ1) is 18.1. The minimum absolute atomic E-state index is 0.666. The third-order valence-corrected chi connectivity index (χ3v) is 4.82. The van der Waals surface area contributed by atoms with E-state index < -0.39 is 0 Å². The molecule has 2 heterocycles. The zero-order valence-corrected chi connectivity index (χ0v) is 16.1. The number of nitrogens with one attached hydrogen (secondary N) is 1. The van der Waals surface area contributed by atoms with E-state index in [4.69, 9.17) is 4.74 Å². The Kier molecular flexibility index (Phi) is 5.56. The van der Waals surface area contributed by atoms with Gasteiger partial charge in [0.1, 0.15) is 23.7 Å². The van der Waals surface area contributed by atoms with Gasteiger partial charge in [0.15, 0.2) is 0 Å². The molecule has 6 heteroatoms. The van der Waals surface area contributed by atoms with Crippen molar-refractivity contribution in [1.82, 2.24) is 9.97 Å². The standard InChI is InChI=1S/C22H25N5O/c1-2-28-20-10-8-18(9-11-20)25-21-16-22(24-17-23-21)27-14-12-26(13-15-27)19-6-4-3-5-7-19/h3-11,16-17H,2,12-15H2,1H3,(H,23,24,25). The van der Waals surface area contributed by atoms with Crippen LogP contribution in [-0.2, 0) is 0 Å². The molecule has 3 aromatic rings. The Balaban J connectivity index is 1.39. The highest BCUT2D eigenvalue weighted by Crippen LogP contribution is 2.23. The SMILES string of the molecule is CCOc1ccc(Nc2cc(N3CCN(c4ccccc4)CC3)ncn2)cc1. The summed E-state index contributed by atoms with van der Waals surface area (Å²) >= 11 is 0. The molecule has 1 fully saturated rings. The van der Waals surface area contributed by atoms with E-state index in [1.54, 1.807) is 6.33 Å². The first-order chi connectivity index (χ1) is 13.8. The van der Waals surface area contributed by atoms with Gasteiger partial charge < -0.3 is 19.9 Å². The summed E-state index contributed by atoms with van der Waals surface area (Å²) in [5.74, 6) is 2.61. The maximum atomic E-state index is 5.49. The Labute approximate surface area is 165 Å². The molecule has 2 aromatic carbocycles. The molecule has 0 atom stereocenters. The Bertz CT molecular complexity index is 877. The van der Waals surface area contributed by atoms with Gasteiger partial charge in [0, 0.05) is 43.6 Å². The lowest BCUT2D eigenvalue weighted by Gasteiger charge is -2.36. The Morgan fingerprint density at radius 1 is 0.893 bits per heavy atom. The number of piperazine rings is 1. The number of rotatable bonds is 6. The van der Waals surface area contributed by atoms with Gasteiger partial charge in [-0.1, -0.05) is 18.2 Å². The second kappa shape index (κ2) is 8.61. The summed E-state index contributed by atoms with van der Waals surface area (Å²) in [7, 11) is 0. The van der Waals surface area contributed by atoms with Crippen LogP contribution in [0, 0.1) is 0 Å². The molecule has 0 spiro atoms. The minimum Gasteiger partial charge on any atom is -0.494 e. The van der Waals surface area contributed by atoms with E-state index in [1.165, 1.54) is 5.69 Å². The number of hydrogen-bond donors (Lipinski definition) is 1. The van der Waals surface area contributed by atoms with Gasteiger partial charge in [0.25, 0.3) is 0 Å². The van der Waals surface area contributed by atoms with Gasteiger partial charge in [-0.25, -0.2) is 9.97 Å². The zero-order chi connectivity index (χ0) is 19.2. The number of anilines is 4. The maximum absolute atomic E-state index is 5.49. The Morgan fingerprint density at radius 2 is 1.61 bits per heavy atom. The summed E-state index contributed by atoms with van der Waals surface area (Å²) in [4.78, 5) is 13.6. The molecule has 0 bridgehead atoms. The average molecular weight is 375 g/mol. The molecule has 144 valence electrons. The third kappa shape index (κ3) is 4.34. The smallest absolute Gasteiger partial charge is 0.135 e. The van der Waals surface area contributed by atoms with Gasteiger partial charge in [-0.2, -0.15) is 0 Å². The highest BCUT2D eigenvalue weighted by Gasteiger charge is 2.18. The molecular weight excluding hydrogens is 350 g/mol. The van der Waals surface area contributed by atoms with E-state index in [1.807, 2.05) is 37.3 Å². The summed E-state index contributed by atoms with van der Waals surface area (Å²) in [6.45, 7) is 6.49. The van der Waals surface area contributed by atoms with Crippen LogP contribution in [0.5, 0.6) is 5.75 Å². The Morgan fingerprint density at radius 3 is 2.32 bits per heavy atom. The number of aromatic nitrogens is 2. The molecule has 0 unspecified atom stereocenters. The van der Waals surface area contributed by atoms with Crippen molar-refractivity contribution in [3.05, 3.63) is 67.0 Å². The molecule has 0 aliphatic carbocycles. The van der Waals surface area contributed by atoms with Crippen LogP contribution in [0.3, 0.4) is 0 Å². The first-order valence-corrected chi connectivity index (χ1v) is 9.69. The van der Waals surface area contributed by atoms with Crippen molar-refractivity contribution in [3.8, 4) is 5.75 Å². The van der Waals surface area contributed by atoms with Crippen molar-refractivity contribution in [3.63, 3.8) is 0 Å². The predicted molar refractivity (Wildman–Crippen MR) is 114 cm³/mol. The van der Waals surface area contributed by atoms with Gasteiger partial charge in [-0.3, -0.25) is 0 Å². The fourth-order valence-electron chi connectivity index (χ4n) is 3.37. The summed E-state index contributed by atoms with van der Waals surface area (Å²) in [6.07, 6.45) is 1.62. The number of para-hydroxylation sites is 1. The molecule has 0 radical (unpaired) electrons. The van der Waals surface area contributed by atoms with Crippen LogP contribution in [0.15, 0.2) is 67.0 Å². The monoisotopic (exact) mass is 375 g/mol. The molecule has 0 saturated carbocycles. The van der Waals surface area contributed by atoms with Crippen LogP contribution in [0.25, 0.3) is 0 Å². The quantitative estimate of drug-likeness (QED) is 0.704. The second-order valence-electron chi connectivity index (χ2n) is 6.65. The van der Waals surface area contributed by atoms with Crippen molar-refractivity contribution < 1.29 is 4.74 Å². The van der Waals surface area contributed by atoms with Crippen molar-refractivity contribution in [2.45, 2.75) is 6.92 Å². The lowest BCUT2D eigenvalue weighted by molar-refractivity contribution is 0.340. The molecule has 1 saturated heterocycles. The summed E-state index contributed by atoms with van der Waals surface area (Å²) in [6, 6.07) is 20.5. The molecule has 28 heavy (non-hydrogen) atoms. The third-order valence-electron chi connectivity index (χ3n) is 4.82. The largest absolute Gasteiger partial charge is 0.494 e. The van der Waals surface area contributed by atoms with E-state index in [0.29, 0.717) is 6.61 Å². The fraction of sp³-hybridized carbons (Fsp3) is 0.273. The first-order valence-electron chi connectivity index (χ1n) is 9.69. The van der Waals surface area contributed by atoms with E-state index in [9.17, 15) is 0 Å². The maximum Gasteiger partial charge on any atom is 0.135 e. The van der Waals surface area contributed by atoms with Gasteiger partial charge >= 0.3 is 0 Å². The van der Waals surface area contributed by atoms with Crippen molar-refractivity contribution in [2.75, 3.05) is 47.9 Å². The summed E-state index contributed by atoms with van der Waals surface area (Å²) < 4.78 is 5.49. The van der Waals surface area contributed by atoms with E-state index in [2.05, 4.69) is 55.4 Å². The highest BCUT2D eigenvalue weighted by atomic mass is 16.5. The van der Waals surface area contributed by atoms with Crippen LogP contribution in [0.4, 0.5) is 23.0 Å². The summed E-state index contributed by atoms with van der Waals surface area (Å²) in [5, 5.41) is 3.34. The van der Waals surface area contributed by atoms with Crippen molar-refractivity contribution in [1.29, 1.82) is 0 Å². The van der Waals surface area contributed by atoms with E-state index in [0.717, 1.165) is 49.3 Å². The topological polar surface area (TPSA) is 53.5 Å². The lowest BCUT2D eigenvalue weighted by atomic mass is 10.2. The van der Waals surface area contributed by atoms with Crippen molar-refractivity contribution >= 4 is 23.0 Å². The number of benzene rings is 2. The van der Waals surface area contributed by atoms with Crippen LogP contribution in [0.2, 0.25) is 0 Å². The van der Waals surface area contributed by atoms with Crippen molar-refractivity contribution in [2.24, 2.45) is 0 Å². The molecule has 1 aromatic heterocycles. The molecule has 6 nitrogen and oxygen atoms in total. The minimum atomic E-state index is 0.666. The lowest BCUT2D eigenvalue weighted by Crippen LogP contribution is -2.46. The van der Waals surface area contributed by atoms with Crippen LogP contribution in [0.1, 0.15) is 6.92 Å². The zero-order valence-electron chi connectivity index (χ0n) is 16.1. The number of hydrogen-bond acceptors (Lipinski definition) is 6. The predicted octanol–water partition coefficient (Wildman–Crippen LogP) is 3.95. The van der Waals surface area contributed by atoms with Gasteiger partial charge in [-0.05, 0) is 43.3 Å². The second-order valence-corrected chi connectivity index (χ2v) is 6.65. The number of nitrogens with zero attached hydrogens (tertiary/aromatic N) is 4. The normalized spacial score (nSPS) is 14.0. The molecule has 1 aliphatic heterocycles. The average Bonchev–Trinajstić information content (AvgIpc) is 2.76. The van der Waals surface area contributed by atoms with Crippen LogP contribution in [-0.4, -0.2) is 42.8 Å². The van der Waals surface area contributed by atoms with Gasteiger partial charge in [0.05, 0.1) is 6.61 Å².